The molecule has 1 amide bonds. The summed E-state index contributed by atoms with van der Waals surface area (Å²) in [6, 6.07) is 1.80. The van der Waals surface area contributed by atoms with E-state index in [-0.39, 0.29) is 17.4 Å². The van der Waals surface area contributed by atoms with Crippen molar-refractivity contribution in [3.05, 3.63) is 17.7 Å². The van der Waals surface area contributed by atoms with E-state index >= 15 is 0 Å². The van der Waals surface area contributed by atoms with Gasteiger partial charge in [0.2, 0.25) is 0 Å². The molecule has 0 unspecified atom stereocenters. The number of nitrogens with zero attached hydrogens (tertiary/aromatic N) is 2. The Bertz CT molecular complexity index is 309. The Balaban J connectivity index is 2.91. The number of nitrogens with one attached hydrogen (secondary N) is 2. The minimum atomic E-state index is -0.327. The van der Waals surface area contributed by atoms with Crippen LogP contribution in [0.1, 0.15) is 16.3 Å². The molecule has 0 saturated carbocycles. The molecular formula is C6H6N4O. The number of H-pyrrole nitrogens is 1. The molecular weight excluding hydrogens is 144 g/mol. The highest BCUT2D eigenvalue weighted by molar-refractivity contribution is 5.90. The third-order valence-corrected chi connectivity index (χ3v) is 1.13. The highest BCUT2D eigenvalue weighted by atomic mass is 16.2. The summed E-state index contributed by atoms with van der Waals surface area (Å²) in [5, 5.41) is 10.7. The number of hydrogen-bond acceptors (Lipinski definition) is 3. The van der Waals surface area contributed by atoms with Gasteiger partial charge in [-0.1, -0.05) is 0 Å². The van der Waals surface area contributed by atoms with Crippen LogP contribution in [0.25, 0.3) is 0 Å². The van der Waals surface area contributed by atoms with Gasteiger partial charge in [0, 0.05) is 13.2 Å². The first-order valence-electron chi connectivity index (χ1n) is 2.95. The smallest absolute Gasteiger partial charge is 0.286 e. The van der Waals surface area contributed by atoms with Crippen LogP contribution in [0.4, 0.5) is 0 Å². The summed E-state index contributed by atoms with van der Waals surface area (Å²) < 4.78 is 0. The van der Waals surface area contributed by atoms with Crippen LogP contribution < -0.4 is 5.32 Å². The minimum Gasteiger partial charge on any atom is -0.352 e. The lowest BCUT2D eigenvalue weighted by Crippen LogP contribution is -2.19. The molecule has 5 heteroatoms. The molecule has 1 aromatic heterocycles. The molecule has 0 saturated heterocycles. The highest BCUT2D eigenvalue weighted by Gasteiger charge is 2.06. The predicted molar refractivity (Wildman–Crippen MR) is 36.7 cm³/mol. The number of nitriles is 1. The summed E-state index contributed by atoms with van der Waals surface area (Å²) >= 11 is 0. The van der Waals surface area contributed by atoms with Crippen LogP contribution in [0.15, 0.2) is 6.20 Å². The molecule has 5 nitrogen and oxygen atoms in total. The fourth-order valence-electron chi connectivity index (χ4n) is 0.614. The first-order valence-corrected chi connectivity index (χ1v) is 2.95. The van der Waals surface area contributed by atoms with Crippen molar-refractivity contribution < 1.29 is 4.79 Å². The molecule has 56 valence electrons. The second-order valence-electron chi connectivity index (χ2n) is 1.83. The van der Waals surface area contributed by atoms with Crippen LogP contribution in [0.5, 0.6) is 0 Å². The Morgan fingerprint density at radius 1 is 1.91 bits per heavy atom. The molecule has 0 aliphatic rings. The van der Waals surface area contributed by atoms with Crippen molar-refractivity contribution >= 4 is 5.91 Å². The van der Waals surface area contributed by atoms with Crippen LogP contribution in [-0.4, -0.2) is 22.9 Å². The molecule has 0 aliphatic heterocycles. The Morgan fingerprint density at radius 2 is 2.64 bits per heavy atom. The van der Waals surface area contributed by atoms with E-state index in [4.69, 9.17) is 5.26 Å². The van der Waals surface area contributed by atoms with Gasteiger partial charge in [0.05, 0.1) is 0 Å². The van der Waals surface area contributed by atoms with E-state index in [0.717, 1.165) is 0 Å². The lowest BCUT2D eigenvalue weighted by atomic mass is 10.5. The number of hydrogen-bond donors (Lipinski definition) is 2. The summed E-state index contributed by atoms with van der Waals surface area (Å²) in [5.74, 6) is -0.171. The van der Waals surface area contributed by atoms with Crippen molar-refractivity contribution in [2.24, 2.45) is 0 Å². The molecule has 0 radical (unpaired) electrons. The molecule has 11 heavy (non-hydrogen) atoms. The van der Waals surface area contributed by atoms with Crippen LogP contribution in [0.2, 0.25) is 0 Å². The number of aromatic nitrogens is 2. The third-order valence-electron chi connectivity index (χ3n) is 1.13. The second kappa shape index (κ2) is 2.84. The molecule has 0 aromatic carbocycles. The maximum absolute atomic E-state index is 10.8. The molecule has 2 N–H and O–H groups in total. The lowest BCUT2D eigenvalue weighted by molar-refractivity contribution is 0.0954. The van der Waals surface area contributed by atoms with E-state index in [1.165, 1.54) is 13.2 Å². The van der Waals surface area contributed by atoms with Crippen LogP contribution in [0, 0.1) is 11.3 Å². The number of aromatic amines is 1. The average molecular weight is 150 g/mol. The van der Waals surface area contributed by atoms with Crippen molar-refractivity contribution in [3.63, 3.8) is 0 Å². The van der Waals surface area contributed by atoms with Crippen molar-refractivity contribution in [2.75, 3.05) is 7.05 Å². The zero-order chi connectivity index (χ0) is 8.27. The average Bonchev–Trinajstić information content (AvgIpc) is 2.50. The molecule has 0 spiro atoms. The maximum atomic E-state index is 10.8. The number of imidazole rings is 1. The van der Waals surface area contributed by atoms with Crippen molar-refractivity contribution in [1.29, 1.82) is 5.26 Å². The van der Waals surface area contributed by atoms with E-state index in [0.29, 0.717) is 0 Å². The molecule has 1 heterocycles. The molecule has 0 fully saturated rings. The fraction of sp³-hybridized carbons (Fsp3) is 0.167. The van der Waals surface area contributed by atoms with Gasteiger partial charge in [-0.3, -0.25) is 4.79 Å². The number of amides is 1. The van der Waals surface area contributed by atoms with Gasteiger partial charge in [0.1, 0.15) is 6.07 Å². The van der Waals surface area contributed by atoms with Crippen molar-refractivity contribution in [1.82, 2.24) is 15.3 Å². The van der Waals surface area contributed by atoms with Gasteiger partial charge in [-0.15, -0.1) is 0 Å². The third kappa shape index (κ3) is 1.35. The Morgan fingerprint density at radius 3 is 3.09 bits per heavy atom. The SMILES string of the molecule is CNC(=O)c1nc(C#N)c[nH]1. The zero-order valence-corrected chi connectivity index (χ0v) is 5.88. The van der Waals surface area contributed by atoms with Gasteiger partial charge in [-0.25, -0.2) is 4.98 Å². The van der Waals surface area contributed by atoms with Crippen LogP contribution in [-0.2, 0) is 0 Å². The first kappa shape index (κ1) is 7.28. The van der Waals surface area contributed by atoms with Crippen molar-refractivity contribution in [3.8, 4) is 6.07 Å². The van der Waals surface area contributed by atoms with Gasteiger partial charge in [0.25, 0.3) is 5.91 Å². The first-order chi connectivity index (χ1) is 5.27. The molecule has 1 aromatic rings. The molecule has 0 aliphatic carbocycles. The summed E-state index contributed by atoms with van der Waals surface area (Å²) in [6.45, 7) is 0. The second-order valence-corrected chi connectivity index (χ2v) is 1.83. The molecule has 1 rings (SSSR count). The topological polar surface area (TPSA) is 81.6 Å². The largest absolute Gasteiger partial charge is 0.352 e. The van der Waals surface area contributed by atoms with Crippen molar-refractivity contribution in [2.45, 2.75) is 0 Å². The normalized spacial score (nSPS) is 8.73. The Hall–Kier alpha value is -1.83. The highest BCUT2D eigenvalue weighted by Crippen LogP contribution is 1.93. The van der Waals surface area contributed by atoms with Gasteiger partial charge in [-0.2, -0.15) is 5.26 Å². The van der Waals surface area contributed by atoms with E-state index in [1.54, 1.807) is 6.07 Å². The fourth-order valence-corrected chi connectivity index (χ4v) is 0.614. The summed E-state index contributed by atoms with van der Waals surface area (Å²) in [5.41, 5.74) is 0.212. The van der Waals surface area contributed by atoms with Crippen LogP contribution in [0.3, 0.4) is 0 Å². The number of rotatable bonds is 1. The van der Waals surface area contributed by atoms with Gasteiger partial charge in [-0.05, 0) is 0 Å². The predicted octanol–water partition coefficient (Wildman–Crippen LogP) is -0.359. The van der Waals surface area contributed by atoms with Crippen LogP contribution >= 0.6 is 0 Å². The van der Waals surface area contributed by atoms with Gasteiger partial charge >= 0.3 is 0 Å². The van der Waals surface area contributed by atoms with E-state index in [9.17, 15) is 4.79 Å². The number of carbonyl (C=O) groups is 1. The van der Waals surface area contributed by atoms with E-state index in [1.807, 2.05) is 0 Å². The standard InChI is InChI=1S/C6H6N4O/c1-8-6(11)5-9-3-4(2-7)10-5/h3H,1H3,(H,8,11)(H,9,10). The van der Waals surface area contributed by atoms with E-state index in [2.05, 4.69) is 15.3 Å². The lowest BCUT2D eigenvalue weighted by Gasteiger charge is -1.90. The zero-order valence-electron chi connectivity index (χ0n) is 5.88. The Kier molecular flexibility index (Phi) is 1.88. The number of carbonyl (C=O) groups excluding carboxylic acids is 1. The van der Waals surface area contributed by atoms with E-state index < -0.39 is 0 Å². The van der Waals surface area contributed by atoms with Gasteiger partial charge < -0.3 is 10.3 Å². The molecule has 0 bridgehead atoms. The monoisotopic (exact) mass is 150 g/mol. The molecule has 0 atom stereocenters. The summed E-state index contributed by atoms with van der Waals surface area (Å²) in [4.78, 5) is 17.1. The minimum absolute atomic E-state index is 0.157. The Labute approximate surface area is 63.1 Å². The summed E-state index contributed by atoms with van der Waals surface area (Å²) in [7, 11) is 1.50. The maximum Gasteiger partial charge on any atom is 0.286 e. The quantitative estimate of drug-likeness (QED) is 0.573. The summed E-state index contributed by atoms with van der Waals surface area (Å²) in [6.07, 6.45) is 1.38. The van der Waals surface area contributed by atoms with Gasteiger partial charge in [0.15, 0.2) is 11.5 Å².